The lowest BCUT2D eigenvalue weighted by atomic mass is 10.2. The molecule has 3 rings (SSSR count). The minimum absolute atomic E-state index is 0.636. The third-order valence-corrected chi connectivity index (χ3v) is 2.59. The van der Waals surface area contributed by atoms with Crippen LogP contribution in [0.1, 0.15) is 5.56 Å². The number of guanidine groups is 1. The number of aromatic nitrogens is 2. The second kappa shape index (κ2) is 3.44. The fourth-order valence-electron chi connectivity index (χ4n) is 1.85. The molecule has 5 nitrogen and oxygen atoms in total. The molecule has 80 valence electrons. The van der Waals surface area contributed by atoms with Crippen LogP contribution in [0.2, 0.25) is 0 Å². The van der Waals surface area contributed by atoms with Gasteiger partial charge in [-0.15, -0.1) is 5.10 Å². The Morgan fingerprint density at radius 1 is 1.44 bits per heavy atom. The molecular formula is C11H12N5+. The van der Waals surface area contributed by atoms with Gasteiger partial charge in [-0.05, 0) is 13.0 Å². The summed E-state index contributed by atoms with van der Waals surface area (Å²) in [5.74, 6) is 0.636. The number of benzene rings is 1. The van der Waals surface area contributed by atoms with Gasteiger partial charge in [0.05, 0.1) is 18.1 Å². The zero-order chi connectivity index (χ0) is 11.0. The number of hydrogen-bond donors (Lipinski definition) is 2. The summed E-state index contributed by atoms with van der Waals surface area (Å²) in [6.45, 7) is 2.73. The van der Waals surface area contributed by atoms with E-state index in [0.29, 0.717) is 12.5 Å². The third-order valence-electron chi connectivity index (χ3n) is 2.59. The molecular weight excluding hydrogens is 202 g/mol. The van der Waals surface area contributed by atoms with Gasteiger partial charge in [0.2, 0.25) is 0 Å². The Kier molecular flexibility index (Phi) is 1.96. The molecule has 1 aromatic heterocycles. The smallest absolute Gasteiger partial charge is 0.241 e. The van der Waals surface area contributed by atoms with E-state index in [0.717, 1.165) is 10.9 Å². The molecule has 0 fully saturated rings. The summed E-state index contributed by atoms with van der Waals surface area (Å²) in [5.41, 5.74) is 5.44. The first kappa shape index (κ1) is 9.08. The van der Waals surface area contributed by atoms with Crippen LogP contribution in [0.4, 0.5) is 0 Å². The van der Waals surface area contributed by atoms with E-state index in [1.54, 1.807) is 6.21 Å². The van der Waals surface area contributed by atoms with Crippen LogP contribution in [0, 0.1) is 6.92 Å². The Morgan fingerprint density at radius 3 is 3.19 bits per heavy atom. The number of hydrogen-bond acceptors (Lipinski definition) is 3. The highest BCUT2D eigenvalue weighted by molar-refractivity contribution is 5.97. The first-order valence-corrected chi connectivity index (χ1v) is 5.17. The molecule has 2 aromatic rings. The summed E-state index contributed by atoms with van der Waals surface area (Å²) in [6.07, 6.45) is 3.73. The molecule has 2 heterocycles. The van der Waals surface area contributed by atoms with Gasteiger partial charge >= 0.3 is 0 Å². The van der Waals surface area contributed by atoms with Crippen molar-refractivity contribution in [1.82, 2.24) is 5.10 Å². The Labute approximate surface area is 92.5 Å². The van der Waals surface area contributed by atoms with Crippen LogP contribution < -0.4 is 10.2 Å². The zero-order valence-corrected chi connectivity index (χ0v) is 8.94. The average Bonchev–Trinajstić information content (AvgIpc) is 2.90. The molecule has 0 atom stereocenters. The van der Waals surface area contributed by atoms with Gasteiger partial charge in [-0.3, -0.25) is 0 Å². The number of rotatable bonds is 1. The van der Waals surface area contributed by atoms with Gasteiger partial charge in [0.25, 0.3) is 11.5 Å². The molecule has 0 saturated heterocycles. The Hall–Kier alpha value is -2.17. The molecule has 1 aliphatic heterocycles. The fraction of sp³-hybridized carbons (Fsp3) is 0.182. The van der Waals surface area contributed by atoms with Gasteiger partial charge in [-0.2, -0.15) is 0 Å². The van der Waals surface area contributed by atoms with Gasteiger partial charge in [-0.1, -0.05) is 17.6 Å². The molecule has 2 N–H and O–H groups in total. The SMILES string of the molecule is Cc1cccc2c[nH][n+](NC3=NCC=N3)c12. The molecule has 16 heavy (non-hydrogen) atoms. The Balaban J connectivity index is 2.07. The molecule has 1 aromatic carbocycles. The maximum absolute atomic E-state index is 4.19. The van der Waals surface area contributed by atoms with Crippen molar-refractivity contribution in [2.45, 2.75) is 6.92 Å². The lowest BCUT2D eigenvalue weighted by molar-refractivity contribution is -0.673. The topological polar surface area (TPSA) is 56.4 Å². The predicted molar refractivity (Wildman–Crippen MR) is 63.4 cm³/mol. The highest BCUT2D eigenvalue weighted by Crippen LogP contribution is 2.12. The summed E-state index contributed by atoms with van der Waals surface area (Å²) in [5, 5.41) is 4.29. The van der Waals surface area contributed by atoms with Gasteiger partial charge < -0.3 is 0 Å². The number of fused-ring (bicyclic) bond motifs is 1. The molecule has 0 aliphatic carbocycles. The predicted octanol–water partition coefficient (Wildman–Crippen LogP) is 0.748. The van der Waals surface area contributed by atoms with Crippen molar-refractivity contribution < 1.29 is 4.79 Å². The first-order valence-electron chi connectivity index (χ1n) is 5.17. The third kappa shape index (κ3) is 1.37. The fourth-order valence-corrected chi connectivity index (χ4v) is 1.85. The Morgan fingerprint density at radius 2 is 2.38 bits per heavy atom. The first-order chi connectivity index (χ1) is 7.84. The summed E-state index contributed by atoms with van der Waals surface area (Å²) in [6, 6.07) is 6.19. The molecule has 0 amide bonds. The second-order valence-electron chi connectivity index (χ2n) is 3.71. The average molecular weight is 214 g/mol. The second-order valence-corrected chi connectivity index (χ2v) is 3.71. The standard InChI is InChI=1S/C11H11N5/c1-8-3-2-4-9-7-14-16(10(8)9)15-11-12-5-6-13-11/h2-5,7H,6H2,1H3,(H,13,15)/p+1. The minimum atomic E-state index is 0.636. The van der Waals surface area contributed by atoms with Crippen LogP contribution >= 0.6 is 0 Å². The summed E-state index contributed by atoms with van der Waals surface area (Å²) in [7, 11) is 0. The zero-order valence-electron chi connectivity index (χ0n) is 8.94. The van der Waals surface area contributed by atoms with Crippen molar-refractivity contribution >= 4 is 23.1 Å². The number of aryl methyl sites for hydroxylation is 1. The van der Waals surface area contributed by atoms with E-state index < -0.39 is 0 Å². The molecule has 0 radical (unpaired) electrons. The van der Waals surface area contributed by atoms with E-state index in [4.69, 9.17) is 0 Å². The van der Waals surface area contributed by atoms with Crippen LogP contribution in [-0.4, -0.2) is 23.8 Å². The molecule has 0 unspecified atom stereocenters. The molecule has 0 spiro atoms. The van der Waals surface area contributed by atoms with E-state index in [-0.39, 0.29) is 0 Å². The van der Waals surface area contributed by atoms with Crippen LogP contribution in [-0.2, 0) is 0 Å². The van der Waals surface area contributed by atoms with E-state index >= 15 is 0 Å². The number of para-hydroxylation sites is 1. The molecule has 5 heteroatoms. The van der Waals surface area contributed by atoms with E-state index in [1.165, 1.54) is 5.56 Å². The quantitative estimate of drug-likeness (QED) is 0.676. The van der Waals surface area contributed by atoms with Crippen LogP contribution in [0.15, 0.2) is 34.4 Å². The van der Waals surface area contributed by atoms with Crippen molar-refractivity contribution in [2.24, 2.45) is 9.98 Å². The van der Waals surface area contributed by atoms with Crippen molar-refractivity contribution in [3.63, 3.8) is 0 Å². The van der Waals surface area contributed by atoms with Crippen molar-refractivity contribution in [3.8, 4) is 0 Å². The minimum Gasteiger partial charge on any atom is -0.241 e. The number of nitrogens with zero attached hydrogens (tertiary/aromatic N) is 3. The summed E-state index contributed by atoms with van der Waals surface area (Å²) in [4.78, 5) is 10.1. The van der Waals surface area contributed by atoms with Gasteiger partial charge in [0.1, 0.15) is 0 Å². The lowest BCUT2D eigenvalue weighted by Crippen LogP contribution is -2.49. The van der Waals surface area contributed by atoms with Gasteiger partial charge in [-0.25, -0.2) is 9.98 Å². The molecule has 0 bridgehead atoms. The number of H-pyrrole nitrogens is 1. The Bertz CT molecular complexity index is 593. The van der Waals surface area contributed by atoms with Crippen molar-refractivity contribution in [2.75, 3.05) is 12.0 Å². The highest BCUT2D eigenvalue weighted by atomic mass is 15.6. The highest BCUT2D eigenvalue weighted by Gasteiger charge is 2.16. The van der Waals surface area contributed by atoms with Crippen molar-refractivity contribution in [3.05, 3.63) is 30.0 Å². The largest absolute Gasteiger partial charge is 0.277 e. The number of aliphatic imine (C=N–C) groups is 2. The summed E-state index contributed by atoms with van der Waals surface area (Å²) >= 11 is 0. The monoisotopic (exact) mass is 214 g/mol. The lowest BCUT2D eigenvalue weighted by Gasteiger charge is -1.95. The normalized spacial score (nSPS) is 14.4. The van der Waals surface area contributed by atoms with Crippen LogP contribution in [0.5, 0.6) is 0 Å². The maximum Gasteiger partial charge on any atom is 0.277 e. The summed E-state index contributed by atoms with van der Waals surface area (Å²) < 4.78 is 0. The van der Waals surface area contributed by atoms with Crippen molar-refractivity contribution in [1.29, 1.82) is 0 Å². The van der Waals surface area contributed by atoms with Crippen LogP contribution in [0.3, 0.4) is 0 Å². The number of aromatic amines is 1. The number of nitrogens with one attached hydrogen (secondary N) is 2. The van der Waals surface area contributed by atoms with E-state index in [1.807, 2.05) is 17.1 Å². The van der Waals surface area contributed by atoms with Gasteiger partial charge in [0, 0.05) is 16.6 Å². The maximum atomic E-state index is 4.19. The van der Waals surface area contributed by atoms with Crippen LogP contribution in [0.25, 0.3) is 10.9 Å². The molecule has 1 aliphatic rings. The van der Waals surface area contributed by atoms with E-state index in [2.05, 4.69) is 39.6 Å². The van der Waals surface area contributed by atoms with E-state index in [9.17, 15) is 0 Å². The van der Waals surface area contributed by atoms with Gasteiger partial charge in [0.15, 0.2) is 0 Å². The molecule has 0 saturated carbocycles.